The van der Waals surface area contributed by atoms with E-state index in [1.54, 1.807) is 0 Å². The molecule has 0 amide bonds. The van der Waals surface area contributed by atoms with Gasteiger partial charge in [0.15, 0.2) is 0 Å². The monoisotopic (exact) mass is 189 g/mol. The standard InChI is InChI=1S/C11H15N3/c12-6-9-1-2-11(5-9)14-8-10-3-4-13-7-10/h3-4,7,9,11,13-14H,1-2,5,8H2. The van der Waals surface area contributed by atoms with E-state index in [1.165, 1.54) is 5.56 Å². The number of rotatable bonds is 3. The Hall–Kier alpha value is -1.27. The van der Waals surface area contributed by atoms with E-state index in [-0.39, 0.29) is 5.92 Å². The highest BCUT2D eigenvalue weighted by Crippen LogP contribution is 2.24. The Kier molecular flexibility index (Phi) is 2.85. The average Bonchev–Trinajstić information content (AvgIpc) is 2.86. The van der Waals surface area contributed by atoms with Crippen molar-refractivity contribution in [1.29, 1.82) is 5.26 Å². The third kappa shape index (κ3) is 2.15. The van der Waals surface area contributed by atoms with Crippen LogP contribution in [0.4, 0.5) is 0 Å². The molecule has 3 nitrogen and oxygen atoms in total. The third-order valence-corrected chi connectivity index (χ3v) is 2.87. The van der Waals surface area contributed by atoms with Crippen LogP contribution in [0.5, 0.6) is 0 Å². The first-order valence-electron chi connectivity index (χ1n) is 5.13. The molecule has 0 aliphatic heterocycles. The highest BCUT2D eigenvalue weighted by Gasteiger charge is 2.23. The minimum absolute atomic E-state index is 0.277. The second kappa shape index (κ2) is 4.30. The summed E-state index contributed by atoms with van der Waals surface area (Å²) in [6.45, 7) is 0.909. The third-order valence-electron chi connectivity index (χ3n) is 2.87. The van der Waals surface area contributed by atoms with E-state index in [9.17, 15) is 0 Å². The van der Waals surface area contributed by atoms with Gasteiger partial charge in [-0.15, -0.1) is 0 Å². The molecule has 74 valence electrons. The molecule has 1 heterocycles. The molecule has 0 spiro atoms. The second-order valence-electron chi connectivity index (χ2n) is 3.94. The predicted molar refractivity (Wildman–Crippen MR) is 54.4 cm³/mol. The lowest BCUT2D eigenvalue weighted by atomic mass is 10.1. The molecule has 1 aromatic rings. The molecule has 0 aromatic carbocycles. The van der Waals surface area contributed by atoms with Gasteiger partial charge in [-0.1, -0.05) is 0 Å². The molecule has 1 saturated carbocycles. The Morgan fingerprint density at radius 1 is 1.57 bits per heavy atom. The van der Waals surface area contributed by atoms with Gasteiger partial charge in [-0.05, 0) is 30.9 Å². The van der Waals surface area contributed by atoms with E-state index in [1.807, 2.05) is 12.4 Å². The van der Waals surface area contributed by atoms with Crippen LogP contribution in [0.2, 0.25) is 0 Å². The SMILES string of the molecule is N#CC1CCC(NCc2cc[nH]c2)C1. The van der Waals surface area contributed by atoms with Crippen molar-refractivity contribution in [2.45, 2.75) is 31.8 Å². The topological polar surface area (TPSA) is 51.6 Å². The van der Waals surface area contributed by atoms with Gasteiger partial charge in [0.25, 0.3) is 0 Å². The molecule has 3 heteroatoms. The first-order valence-corrected chi connectivity index (χ1v) is 5.13. The lowest BCUT2D eigenvalue weighted by molar-refractivity contribution is 0.515. The van der Waals surface area contributed by atoms with Gasteiger partial charge in [0.1, 0.15) is 0 Å². The van der Waals surface area contributed by atoms with Gasteiger partial charge in [-0.3, -0.25) is 0 Å². The Bertz CT molecular complexity index is 310. The molecule has 0 radical (unpaired) electrons. The van der Waals surface area contributed by atoms with Crippen LogP contribution in [0.3, 0.4) is 0 Å². The van der Waals surface area contributed by atoms with Gasteiger partial charge in [0, 0.05) is 30.9 Å². The number of nitriles is 1. The summed E-state index contributed by atoms with van der Waals surface area (Å²) >= 11 is 0. The van der Waals surface area contributed by atoms with E-state index < -0.39 is 0 Å². The summed E-state index contributed by atoms with van der Waals surface area (Å²) in [5.41, 5.74) is 1.28. The maximum Gasteiger partial charge on any atom is 0.0656 e. The molecule has 14 heavy (non-hydrogen) atoms. The fraction of sp³-hybridized carbons (Fsp3) is 0.545. The van der Waals surface area contributed by atoms with Crippen molar-refractivity contribution >= 4 is 0 Å². The molecule has 1 aliphatic rings. The highest BCUT2D eigenvalue weighted by atomic mass is 14.9. The molecule has 1 fully saturated rings. The lowest BCUT2D eigenvalue weighted by Crippen LogP contribution is -2.25. The highest BCUT2D eigenvalue weighted by molar-refractivity contribution is 5.08. The average molecular weight is 189 g/mol. The van der Waals surface area contributed by atoms with Gasteiger partial charge >= 0.3 is 0 Å². The predicted octanol–water partition coefficient (Wildman–Crippen LogP) is 1.80. The molecular weight excluding hydrogens is 174 g/mol. The molecule has 2 rings (SSSR count). The van der Waals surface area contributed by atoms with E-state index in [0.29, 0.717) is 6.04 Å². The fourth-order valence-electron chi connectivity index (χ4n) is 2.01. The zero-order valence-electron chi connectivity index (χ0n) is 8.16. The Balaban J connectivity index is 1.75. The van der Waals surface area contributed by atoms with Crippen molar-refractivity contribution < 1.29 is 0 Å². The number of aromatic amines is 1. The van der Waals surface area contributed by atoms with Gasteiger partial charge in [-0.25, -0.2) is 0 Å². The van der Waals surface area contributed by atoms with E-state index in [0.717, 1.165) is 25.8 Å². The van der Waals surface area contributed by atoms with E-state index in [2.05, 4.69) is 22.4 Å². The zero-order chi connectivity index (χ0) is 9.80. The Labute approximate surface area is 84.1 Å². The van der Waals surface area contributed by atoms with Crippen LogP contribution < -0.4 is 5.32 Å². The Morgan fingerprint density at radius 3 is 3.14 bits per heavy atom. The minimum Gasteiger partial charge on any atom is -0.367 e. The largest absolute Gasteiger partial charge is 0.367 e. The smallest absolute Gasteiger partial charge is 0.0656 e. The molecule has 0 saturated heterocycles. The van der Waals surface area contributed by atoms with Gasteiger partial charge in [0.2, 0.25) is 0 Å². The number of H-pyrrole nitrogens is 1. The fourth-order valence-corrected chi connectivity index (χ4v) is 2.01. The molecule has 2 atom stereocenters. The Morgan fingerprint density at radius 2 is 2.50 bits per heavy atom. The summed E-state index contributed by atoms with van der Waals surface area (Å²) in [4.78, 5) is 3.03. The van der Waals surface area contributed by atoms with Gasteiger partial charge < -0.3 is 10.3 Å². The van der Waals surface area contributed by atoms with Crippen LogP contribution in [0, 0.1) is 17.2 Å². The first kappa shape index (κ1) is 9.29. The van der Waals surface area contributed by atoms with Crippen LogP contribution >= 0.6 is 0 Å². The summed E-state index contributed by atoms with van der Waals surface area (Å²) in [5.74, 6) is 0.277. The number of nitrogens with zero attached hydrogens (tertiary/aromatic N) is 1. The molecule has 2 N–H and O–H groups in total. The summed E-state index contributed by atoms with van der Waals surface area (Å²) in [7, 11) is 0. The number of hydrogen-bond acceptors (Lipinski definition) is 2. The van der Waals surface area contributed by atoms with Crippen LogP contribution in [0.1, 0.15) is 24.8 Å². The maximum absolute atomic E-state index is 8.75. The molecular formula is C11H15N3. The summed E-state index contributed by atoms with van der Waals surface area (Å²) in [6.07, 6.45) is 7.15. The summed E-state index contributed by atoms with van der Waals surface area (Å²) in [5, 5.41) is 12.2. The van der Waals surface area contributed by atoms with Crippen molar-refractivity contribution in [3.63, 3.8) is 0 Å². The molecule has 1 aliphatic carbocycles. The van der Waals surface area contributed by atoms with Gasteiger partial charge in [0.05, 0.1) is 6.07 Å². The lowest BCUT2D eigenvalue weighted by Gasteiger charge is -2.10. The number of nitrogens with one attached hydrogen (secondary N) is 2. The molecule has 2 unspecified atom stereocenters. The minimum atomic E-state index is 0.277. The van der Waals surface area contributed by atoms with Crippen molar-refractivity contribution in [2.24, 2.45) is 5.92 Å². The van der Waals surface area contributed by atoms with E-state index in [4.69, 9.17) is 5.26 Å². The molecule has 0 bridgehead atoms. The van der Waals surface area contributed by atoms with Crippen LogP contribution in [-0.4, -0.2) is 11.0 Å². The summed E-state index contributed by atoms with van der Waals surface area (Å²) < 4.78 is 0. The van der Waals surface area contributed by atoms with Crippen LogP contribution in [0.15, 0.2) is 18.5 Å². The van der Waals surface area contributed by atoms with Gasteiger partial charge in [-0.2, -0.15) is 5.26 Å². The summed E-state index contributed by atoms with van der Waals surface area (Å²) in [6, 6.07) is 4.95. The van der Waals surface area contributed by atoms with E-state index >= 15 is 0 Å². The number of hydrogen-bond donors (Lipinski definition) is 2. The first-order chi connectivity index (χ1) is 6.88. The van der Waals surface area contributed by atoms with Crippen molar-refractivity contribution in [1.82, 2.24) is 10.3 Å². The molecule has 1 aromatic heterocycles. The second-order valence-corrected chi connectivity index (χ2v) is 3.94. The van der Waals surface area contributed by atoms with Crippen LogP contribution in [-0.2, 0) is 6.54 Å². The normalized spacial score (nSPS) is 26.2. The van der Waals surface area contributed by atoms with Crippen molar-refractivity contribution in [3.8, 4) is 6.07 Å². The van der Waals surface area contributed by atoms with Crippen LogP contribution in [0.25, 0.3) is 0 Å². The number of aromatic nitrogens is 1. The quantitative estimate of drug-likeness (QED) is 0.761. The zero-order valence-corrected chi connectivity index (χ0v) is 8.16. The maximum atomic E-state index is 8.75. The van der Waals surface area contributed by atoms with Crippen molar-refractivity contribution in [2.75, 3.05) is 0 Å². The van der Waals surface area contributed by atoms with Crippen molar-refractivity contribution in [3.05, 3.63) is 24.0 Å².